The largest absolute Gasteiger partial charge is 0.206 e. The predicted octanol–water partition coefficient (Wildman–Crippen LogP) is 7.96. The zero-order valence-electron chi connectivity index (χ0n) is 16.5. The van der Waals surface area contributed by atoms with E-state index in [1.165, 1.54) is 29.5 Å². The zero-order valence-corrected chi connectivity index (χ0v) is 16.5. The SMILES string of the molecule is CCCCc1ccc(-c2ccc3c(F)c(-c4ccc(C)cc4)ccc3c2)cc1. The number of hydrogen-bond donors (Lipinski definition) is 0. The fourth-order valence-electron chi connectivity index (χ4n) is 3.67. The van der Waals surface area contributed by atoms with Crippen molar-refractivity contribution in [3.63, 3.8) is 0 Å². The number of hydrogen-bond acceptors (Lipinski definition) is 0. The van der Waals surface area contributed by atoms with Gasteiger partial charge in [0.1, 0.15) is 5.82 Å². The quantitative estimate of drug-likeness (QED) is 0.335. The molecule has 0 aliphatic heterocycles. The maximum atomic E-state index is 15.2. The third kappa shape index (κ3) is 3.71. The smallest absolute Gasteiger partial charge is 0.138 e. The molecular formula is C27H25F. The Bertz CT molecular complexity index is 1090. The Morgan fingerprint density at radius 1 is 0.714 bits per heavy atom. The molecule has 0 aromatic heterocycles. The van der Waals surface area contributed by atoms with Crippen molar-refractivity contribution < 1.29 is 4.39 Å². The van der Waals surface area contributed by atoms with Gasteiger partial charge in [0, 0.05) is 10.9 Å². The fraction of sp³-hybridized carbons (Fsp3) is 0.185. The monoisotopic (exact) mass is 368 g/mol. The van der Waals surface area contributed by atoms with Crippen molar-refractivity contribution in [1.29, 1.82) is 0 Å². The summed E-state index contributed by atoms with van der Waals surface area (Å²) in [6.45, 7) is 4.26. The maximum Gasteiger partial charge on any atom is 0.138 e. The van der Waals surface area contributed by atoms with Crippen molar-refractivity contribution in [2.45, 2.75) is 33.1 Å². The number of rotatable bonds is 5. The standard InChI is InChI=1S/C27H25F/c1-3-4-5-20-8-12-21(13-9-20)23-14-16-26-24(18-23)15-17-25(27(26)28)22-10-6-19(2)7-11-22/h6-18H,3-5H2,1-2H3. The highest BCUT2D eigenvalue weighted by Crippen LogP contribution is 2.32. The lowest BCUT2D eigenvalue weighted by molar-refractivity contribution is 0.643. The van der Waals surface area contributed by atoms with E-state index in [-0.39, 0.29) is 5.82 Å². The molecule has 0 N–H and O–H groups in total. The summed E-state index contributed by atoms with van der Waals surface area (Å²) in [5.74, 6) is -0.150. The highest BCUT2D eigenvalue weighted by Gasteiger charge is 2.10. The molecule has 0 radical (unpaired) electrons. The summed E-state index contributed by atoms with van der Waals surface area (Å²) in [5.41, 5.74) is 6.41. The van der Waals surface area contributed by atoms with Gasteiger partial charge in [-0.05, 0) is 53.5 Å². The Morgan fingerprint density at radius 2 is 1.39 bits per heavy atom. The molecule has 0 saturated heterocycles. The van der Waals surface area contributed by atoms with Crippen LogP contribution in [0, 0.1) is 12.7 Å². The molecule has 0 saturated carbocycles. The molecule has 0 fully saturated rings. The van der Waals surface area contributed by atoms with Crippen LogP contribution in [0.15, 0.2) is 78.9 Å². The lowest BCUT2D eigenvalue weighted by Crippen LogP contribution is -1.89. The van der Waals surface area contributed by atoms with Gasteiger partial charge in [-0.2, -0.15) is 0 Å². The number of halogens is 1. The summed E-state index contributed by atoms with van der Waals surface area (Å²) in [6.07, 6.45) is 3.56. The highest BCUT2D eigenvalue weighted by molar-refractivity contribution is 5.91. The zero-order chi connectivity index (χ0) is 19.5. The van der Waals surface area contributed by atoms with Crippen molar-refractivity contribution >= 4 is 10.8 Å². The van der Waals surface area contributed by atoms with Crippen LogP contribution < -0.4 is 0 Å². The van der Waals surface area contributed by atoms with Crippen LogP contribution in [0.1, 0.15) is 30.9 Å². The van der Waals surface area contributed by atoms with Gasteiger partial charge in [-0.3, -0.25) is 0 Å². The fourth-order valence-corrected chi connectivity index (χ4v) is 3.67. The molecule has 140 valence electrons. The first-order valence-corrected chi connectivity index (χ1v) is 10.0. The average Bonchev–Trinajstić information content (AvgIpc) is 2.73. The molecule has 1 heteroatoms. The number of fused-ring (bicyclic) bond motifs is 1. The molecule has 0 bridgehead atoms. The van der Waals surface area contributed by atoms with Gasteiger partial charge in [0.2, 0.25) is 0 Å². The van der Waals surface area contributed by atoms with Crippen LogP contribution in [0.5, 0.6) is 0 Å². The van der Waals surface area contributed by atoms with E-state index < -0.39 is 0 Å². The minimum absolute atomic E-state index is 0.150. The summed E-state index contributed by atoms with van der Waals surface area (Å²) < 4.78 is 15.2. The molecular weight excluding hydrogens is 343 g/mol. The Hall–Kier alpha value is -2.93. The van der Waals surface area contributed by atoms with E-state index in [1.807, 2.05) is 55.5 Å². The van der Waals surface area contributed by atoms with E-state index in [9.17, 15) is 0 Å². The Morgan fingerprint density at radius 3 is 2.11 bits per heavy atom. The molecule has 0 nitrogen and oxygen atoms in total. The van der Waals surface area contributed by atoms with Crippen LogP contribution in [0.25, 0.3) is 33.0 Å². The third-order valence-electron chi connectivity index (χ3n) is 5.42. The predicted molar refractivity (Wildman–Crippen MR) is 118 cm³/mol. The van der Waals surface area contributed by atoms with Crippen molar-refractivity contribution in [1.82, 2.24) is 0 Å². The van der Waals surface area contributed by atoms with Gasteiger partial charge < -0.3 is 0 Å². The summed E-state index contributed by atoms with van der Waals surface area (Å²) >= 11 is 0. The minimum Gasteiger partial charge on any atom is -0.206 e. The number of benzene rings is 4. The van der Waals surface area contributed by atoms with Crippen LogP contribution in [-0.4, -0.2) is 0 Å². The van der Waals surface area contributed by atoms with Gasteiger partial charge in [0.05, 0.1) is 0 Å². The van der Waals surface area contributed by atoms with Crippen LogP contribution in [0.2, 0.25) is 0 Å². The highest BCUT2D eigenvalue weighted by atomic mass is 19.1. The van der Waals surface area contributed by atoms with E-state index in [4.69, 9.17) is 0 Å². The molecule has 4 aromatic rings. The van der Waals surface area contributed by atoms with E-state index in [0.717, 1.165) is 22.9 Å². The molecule has 0 heterocycles. The van der Waals surface area contributed by atoms with Gasteiger partial charge in [0.15, 0.2) is 0 Å². The van der Waals surface area contributed by atoms with Crippen molar-refractivity contribution in [3.8, 4) is 22.3 Å². The Kier molecular flexibility index (Phi) is 5.25. The molecule has 0 amide bonds. The van der Waals surface area contributed by atoms with E-state index in [1.54, 1.807) is 0 Å². The van der Waals surface area contributed by atoms with E-state index in [2.05, 4.69) is 37.3 Å². The first kappa shape index (κ1) is 18.4. The summed E-state index contributed by atoms with van der Waals surface area (Å²) in [5, 5.41) is 1.60. The average molecular weight is 368 g/mol. The molecule has 0 atom stereocenters. The van der Waals surface area contributed by atoms with Gasteiger partial charge >= 0.3 is 0 Å². The van der Waals surface area contributed by atoms with E-state index in [0.29, 0.717) is 10.9 Å². The molecule has 28 heavy (non-hydrogen) atoms. The maximum absolute atomic E-state index is 15.2. The van der Waals surface area contributed by atoms with Gasteiger partial charge in [-0.25, -0.2) is 4.39 Å². The summed E-state index contributed by atoms with van der Waals surface area (Å²) in [6, 6.07) is 26.7. The Balaban J connectivity index is 1.68. The van der Waals surface area contributed by atoms with Crippen LogP contribution in [0.4, 0.5) is 4.39 Å². The van der Waals surface area contributed by atoms with Gasteiger partial charge in [0.25, 0.3) is 0 Å². The summed E-state index contributed by atoms with van der Waals surface area (Å²) in [7, 11) is 0. The minimum atomic E-state index is -0.150. The van der Waals surface area contributed by atoms with Gasteiger partial charge in [-0.15, -0.1) is 0 Å². The lowest BCUT2D eigenvalue weighted by atomic mass is 9.96. The van der Waals surface area contributed by atoms with Crippen molar-refractivity contribution in [3.05, 3.63) is 95.8 Å². The normalized spacial score (nSPS) is 11.1. The van der Waals surface area contributed by atoms with Gasteiger partial charge in [-0.1, -0.05) is 91.7 Å². The van der Waals surface area contributed by atoms with Crippen molar-refractivity contribution in [2.75, 3.05) is 0 Å². The first-order valence-electron chi connectivity index (χ1n) is 10.0. The first-order chi connectivity index (χ1) is 13.7. The number of unbranched alkanes of at least 4 members (excludes halogenated alkanes) is 1. The molecule has 0 unspecified atom stereocenters. The molecule has 4 aromatic carbocycles. The van der Waals surface area contributed by atoms with E-state index >= 15 is 4.39 Å². The third-order valence-corrected chi connectivity index (χ3v) is 5.42. The van der Waals surface area contributed by atoms with Crippen LogP contribution in [0.3, 0.4) is 0 Å². The molecule has 0 aliphatic carbocycles. The number of aryl methyl sites for hydroxylation is 2. The van der Waals surface area contributed by atoms with Crippen molar-refractivity contribution in [2.24, 2.45) is 0 Å². The van der Waals surface area contributed by atoms with Crippen LogP contribution in [-0.2, 0) is 6.42 Å². The lowest BCUT2D eigenvalue weighted by Gasteiger charge is -2.10. The second-order valence-electron chi connectivity index (χ2n) is 7.53. The van der Waals surface area contributed by atoms with Crippen LogP contribution >= 0.6 is 0 Å². The second-order valence-corrected chi connectivity index (χ2v) is 7.53. The molecule has 0 aliphatic rings. The topological polar surface area (TPSA) is 0 Å². The summed E-state index contributed by atoms with van der Waals surface area (Å²) in [4.78, 5) is 0. The second kappa shape index (κ2) is 7.98. The molecule has 4 rings (SSSR count). The molecule has 0 spiro atoms. The Labute approximate surface area is 166 Å².